The van der Waals surface area contributed by atoms with Crippen LogP contribution in [-0.2, 0) is 13.1 Å². The lowest BCUT2D eigenvalue weighted by Crippen LogP contribution is -2.24. The van der Waals surface area contributed by atoms with Crippen LogP contribution in [0.5, 0.6) is 11.5 Å². The van der Waals surface area contributed by atoms with Crippen molar-refractivity contribution in [3.63, 3.8) is 0 Å². The summed E-state index contributed by atoms with van der Waals surface area (Å²) in [5.41, 5.74) is 2.47. The van der Waals surface area contributed by atoms with Crippen LogP contribution < -0.4 is 19.7 Å². The third-order valence-electron chi connectivity index (χ3n) is 4.41. The van der Waals surface area contributed by atoms with Crippen LogP contribution >= 0.6 is 0 Å². The maximum absolute atomic E-state index is 12.4. The van der Waals surface area contributed by atoms with Gasteiger partial charge in [0.2, 0.25) is 5.95 Å². The first kappa shape index (κ1) is 20.1. The molecule has 3 rings (SSSR count). The van der Waals surface area contributed by atoms with Crippen molar-refractivity contribution >= 4 is 11.9 Å². The van der Waals surface area contributed by atoms with Gasteiger partial charge in [-0.2, -0.15) is 0 Å². The number of amides is 1. The van der Waals surface area contributed by atoms with Gasteiger partial charge in [-0.25, -0.2) is 9.97 Å². The number of methoxy groups -OCH3 is 2. The molecule has 7 heteroatoms. The van der Waals surface area contributed by atoms with Crippen molar-refractivity contribution in [2.24, 2.45) is 0 Å². The number of nitrogens with zero attached hydrogens (tertiary/aromatic N) is 3. The van der Waals surface area contributed by atoms with Gasteiger partial charge in [-0.3, -0.25) is 4.79 Å². The van der Waals surface area contributed by atoms with E-state index in [9.17, 15) is 4.79 Å². The predicted molar refractivity (Wildman–Crippen MR) is 111 cm³/mol. The van der Waals surface area contributed by atoms with Crippen molar-refractivity contribution in [2.45, 2.75) is 13.1 Å². The van der Waals surface area contributed by atoms with E-state index in [4.69, 9.17) is 9.47 Å². The van der Waals surface area contributed by atoms with E-state index in [0.717, 1.165) is 11.1 Å². The fourth-order valence-electron chi connectivity index (χ4n) is 2.84. The topological polar surface area (TPSA) is 76.6 Å². The third-order valence-corrected chi connectivity index (χ3v) is 4.41. The van der Waals surface area contributed by atoms with E-state index in [1.807, 2.05) is 54.4 Å². The molecule has 1 aromatic heterocycles. The number of hydrogen-bond donors (Lipinski definition) is 1. The lowest BCUT2D eigenvalue weighted by Gasteiger charge is -2.17. The van der Waals surface area contributed by atoms with Gasteiger partial charge in [0.05, 0.1) is 19.8 Å². The lowest BCUT2D eigenvalue weighted by atomic mass is 10.2. The molecule has 150 valence electrons. The van der Waals surface area contributed by atoms with Crippen LogP contribution in [0.25, 0.3) is 0 Å². The molecule has 0 radical (unpaired) electrons. The molecule has 0 saturated heterocycles. The summed E-state index contributed by atoms with van der Waals surface area (Å²) >= 11 is 0. The van der Waals surface area contributed by atoms with E-state index in [0.29, 0.717) is 36.1 Å². The van der Waals surface area contributed by atoms with Crippen molar-refractivity contribution in [2.75, 3.05) is 26.2 Å². The monoisotopic (exact) mass is 392 g/mol. The molecule has 29 heavy (non-hydrogen) atoms. The van der Waals surface area contributed by atoms with E-state index in [1.54, 1.807) is 20.3 Å². The first-order chi connectivity index (χ1) is 14.1. The number of carbonyl (C=O) groups is 1. The Hall–Kier alpha value is -3.61. The van der Waals surface area contributed by atoms with Crippen molar-refractivity contribution in [3.8, 4) is 11.5 Å². The highest BCUT2D eigenvalue weighted by molar-refractivity contribution is 5.93. The number of nitrogens with one attached hydrogen (secondary N) is 1. The van der Waals surface area contributed by atoms with Gasteiger partial charge in [0.1, 0.15) is 0 Å². The first-order valence-corrected chi connectivity index (χ1v) is 9.17. The van der Waals surface area contributed by atoms with E-state index in [1.165, 1.54) is 12.4 Å². The van der Waals surface area contributed by atoms with Crippen LogP contribution in [0, 0.1) is 0 Å². The van der Waals surface area contributed by atoms with Gasteiger partial charge in [0.25, 0.3) is 5.91 Å². The van der Waals surface area contributed by atoms with Crippen molar-refractivity contribution in [3.05, 3.63) is 77.6 Å². The Kier molecular flexibility index (Phi) is 6.63. The Morgan fingerprint density at radius 1 is 0.966 bits per heavy atom. The average Bonchev–Trinajstić information content (AvgIpc) is 2.78. The maximum atomic E-state index is 12.4. The first-order valence-electron chi connectivity index (χ1n) is 9.17. The maximum Gasteiger partial charge on any atom is 0.254 e. The molecule has 0 unspecified atom stereocenters. The van der Waals surface area contributed by atoms with Crippen LogP contribution in [0.4, 0.5) is 5.95 Å². The predicted octanol–water partition coefficient (Wildman–Crippen LogP) is 3.06. The van der Waals surface area contributed by atoms with E-state index in [2.05, 4.69) is 15.3 Å². The second-order valence-electron chi connectivity index (χ2n) is 6.49. The van der Waals surface area contributed by atoms with Crippen LogP contribution in [0.1, 0.15) is 21.5 Å². The highest BCUT2D eigenvalue weighted by Crippen LogP contribution is 2.27. The van der Waals surface area contributed by atoms with Gasteiger partial charge < -0.3 is 19.7 Å². The SMILES string of the molecule is COc1ccc(CNC(=O)c2cnc(N(C)Cc3ccccc3)nc2)cc1OC. The highest BCUT2D eigenvalue weighted by Gasteiger charge is 2.11. The molecule has 0 fully saturated rings. The minimum atomic E-state index is -0.239. The fraction of sp³-hybridized carbons (Fsp3) is 0.227. The van der Waals surface area contributed by atoms with Gasteiger partial charge in [-0.05, 0) is 23.3 Å². The number of aromatic nitrogens is 2. The zero-order chi connectivity index (χ0) is 20.6. The smallest absolute Gasteiger partial charge is 0.254 e. The quantitative estimate of drug-likeness (QED) is 0.635. The molecule has 1 heterocycles. The zero-order valence-corrected chi connectivity index (χ0v) is 16.8. The van der Waals surface area contributed by atoms with Crippen LogP contribution in [0.2, 0.25) is 0 Å². The highest BCUT2D eigenvalue weighted by atomic mass is 16.5. The molecule has 0 bridgehead atoms. The summed E-state index contributed by atoms with van der Waals surface area (Å²) in [5.74, 6) is 1.59. The Balaban J connectivity index is 1.59. The molecule has 0 saturated carbocycles. The summed E-state index contributed by atoms with van der Waals surface area (Å²) in [5, 5.41) is 2.86. The van der Waals surface area contributed by atoms with Gasteiger partial charge >= 0.3 is 0 Å². The molecule has 0 aliphatic heterocycles. The summed E-state index contributed by atoms with van der Waals surface area (Å²) in [6, 6.07) is 15.6. The Bertz CT molecular complexity index is 946. The summed E-state index contributed by atoms with van der Waals surface area (Å²) in [6.45, 7) is 1.04. The molecule has 0 aliphatic carbocycles. The fourth-order valence-corrected chi connectivity index (χ4v) is 2.84. The standard InChI is InChI=1S/C22H24N4O3/c1-26(15-16-7-5-4-6-8-16)22-24-13-18(14-25-22)21(27)23-12-17-9-10-19(28-2)20(11-17)29-3/h4-11,13-14H,12,15H2,1-3H3,(H,23,27). The third kappa shape index (κ3) is 5.22. The number of hydrogen-bond acceptors (Lipinski definition) is 6. The Morgan fingerprint density at radius 3 is 2.31 bits per heavy atom. The second kappa shape index (κ2) is 9.54. The molecule has 0 aliphatic rings. The second-order valence-corrected chi connectivity index (χ2v) is 6.49. The van der Waals surface area contributed by atoms with Crippen molar-refractivity contribution < 1.29 is 14.3 Å². The summed E-state index contributed by atoms with van der Waals surface area (Å²) in [6.07, 6.45) is 3.07. The van der Waals surface area contributed by atoms with Crippen molar-refractivity contribution in [1.82, 2.24) is 15.3 Å². The molecular formula is C22H24N4O3. The van der Waals surface area contributed by atoms with Gasteiger partial charge in [-0.1, -0.05) is 36.4 Å². The summed E-state index contributed by atoms with van der Waals surface area (Å²) in [4.78, 5) is 23.0. The zero-order valence-electron chi connectivity index (χ0n) is 16.8. The molecule has 7 nitrogen and oxygen atoms in total. The van der Waals surface area contributed by atoms with Crippen LogP contribution in [0.3, 0.4) is 0 Å². The molecule has 1 amide bonds. The molecule has 3 aromatic rings. The number of anilines is 1. The molecule has 1 N–H and O–H groups in total. The Labute approximate surface area is 170 Å². The summed E-state index contributed by atoms with van der Waals surface area (Å²) < 4.78 is 10.5. The number of benzene rings is 2. The van der Waals surface area contributed by atoms with Crippen molar-refractivity contribution in [1.29, 1.82) is 0 Å². The average molecular weight is 392 g/mol. The van der Waals surface area contributed by atoms with E-state index < -0.39 is 0 Å². The number of rotatable bonds is 8. The normalized spacial score (nSPS) is 10.3. The number of carbonyl (C=O) groups excluding carboxylic acids is 1. The number of ether oxygens (including phenoxy) is 2. The lowest BCUT2D eigenvalue weighted by molar-refractivity contribution is 0.0950. The van der Waals surface area contributed by atoms with Gasteiger partial charge in [0, 0.05) is 32.5 Å². The van der Waals surface area contributed by atoms with Crippen LogP contribution in [0.15, 0.2) is 60.9 Å². The molecule has 2 aromatic carbocycles. The Morgan fingerprint density at radius 2 is 1.66 bits per heavy atom. The minimum Gasteiger partial charge on any atom is -0.493 e. The largest absolute Gasteiger partial charge is 0.493 e. The van der Waals surface area contributed by atoms with Gasteiger partial charge in [0.15, 0.2) is 11.5 Å². The molecule has 0 atom stereocenters. The van der Waals surface area contributed by atoms with Crippen LogP contribution in [-0.4, -0.2) is 37.1 Å². The molecular weight excluding hydrogens is 368 g/mol. The summed E-state index contributed by atoms with van der Waals surface area (Å²) in [7, 11) is 5.08. The van der Waals surface area contributed by atoms with E-state index in [-0.39, 0.29) is 5.91 Å². The minimum absolute atomic E-state index is 0.239. The van der Waals surface area contributed by atoms with E-state index >= 15 is 0 Å². The van der Waals surface area contributed by atoms with Gasteiger partial charge in [-0.15, -0.1) is 0 Å². The molecule has 0 spiro atoms.